The zero-order valence-electron chi connectivity index (χ0n) is 11.6. The fraction of sp³-hybridized carbons (Fsp3) is 0.538. The molecule has 1 aromatic rings. The summed E-state index contributed by atoms with van der Waals surface area (Å²) in [5.74, 6) is 0.300. The normalized spacial score (nSPS) is 10.5. The fourth-order valence-corrected chi connectivity index (χ4v) is 1.61. The van der Waals surface area contributed by atoms with E-state index in [9.17, 15) is 10.1 Å². The third-order valence-corrected chi connectivity index (χ3v) is 2.46. The average Bonchev–Trinajstić information content (AvgIpc) is 2.35. The van der Waals surface area contributed by atoms with Crippen LogP contribution in [0.5, 0.6) is 5.75 Å². The summed E-state index contributed by atoms with van der Waals surface area (Å²) in [5.41, 5.74) is 0.812. The smallest absolute Gasteiger partial charge is 0.311 e. The van der Waals surface area contributed by atoms with E-state index in [4.69, 9.17) is 4.74 Å². The molecule has 106 valence electrons. The molecular weight excluding hydrogens is 246 g/mol. The van der Waals surface area contributed by atoms with Gasteiger partial charge in [-0.2, -0.15) is 0 Å². The van der Waals surface area contributed by atoms with Gasteiger partial charge in [-0.25, -0.2) is 0 Å². The van der Waals surface area contributed by atoms with Crippen molar-refractivity contribution < 1.29 is 9.66 Å². The molecule has 0 radical (unpaired) electrons. The van der Waals surface area contributed by atoms with Crippen molar-refractivity contribution >= 4 is 11.4 Å². The van der Waals surface area contributed by atoms with E-state index in [0.717, 1.165) is 18.8 Å². The second-order valence-corrected chi connectivity index (χ2v) is 4.41. The lowest BCUT2D eigenvalue weighted by molar-refractivity contribution is -0.385. The summed E-state index contributed by atoms with van der Waals surface area (Å²) in [5, 5.41) is 17.3. The van der Waals surface area contributed by atoms with Crippen molar-refractivity contribution in [2.75, 3.05) is 25.0 Å². The molecule has 1 aromatic carbocycles. The minimum Gasteiger partial charge on any atom is -0.487 e. The molecule has 0 aliphatic rings. The number of ether oxygens (including phenoxy) is 1. The van der Waals surface area contributed by atoms with Gasteiger partial charge >= 0.3 is 5.69 Å². The first-order chi connectivity index (χ1) is 9.04. The summed E-state index contributed by atoms with van der Waals surface area (Å²) in [7, 11) is 0. The largest absolute Gasteiger partial charge is 0.487 e. The zero-order chi connectivity index (χ0) is 14.3. The quantitative estimate of drug-likeness (QED) is 0.429. The molecule has 0 unspecified atom stereocenters. The Labute approximate surface area is 113 Å². The van der Waals surface area contributed by atoms with E-state index in [1.807, 2.05) is 0 Å². The highest BCUT2D eigenvalue weighted by Crippen LogP contribution is 2.29. The molecule has 0 heterocycles. The van der Waals surface area contributed by atoms with E-state index < -0.39 is 4.92 Å². The zero-order valence-corrected chi connectivity index (χ0v) is 11.6. The van der Waals surface area contributed by atoms with E-state index in [1.165, 1.54) is 6.07 Å². The van der Waals surface area contributed by atoms with Crippen molar-refractivity contribution in [2.45, 2.75) is 26.8 Å². The number of hydrogen-bond donors (Lipinski definition) is 2. The molecule has 0 aromatic heterocycles. The first kappa shape index (κ1) is 15.2. The van der Waals surface area contributed by atoms with Crippen LogP contribution in [0.1, 0.15) is 20.8 Å². The van der Waals surface area contributed by atoms with Crippen molar-refractivity contribution in [1.29, 1.82) is 0 Å². The minimum absolute atomic E-state index is 0.00675. The van der Waals surface area contributed by atoms with Crippen LogP contribution in [0.15, 0.2) is 18.2 Å². The van der Waals surface area contributed by atoms with Gasteiger partial charge in [-0.1, -0.05) is 13.8 Å². The van der Waals surface area contributed by atoms with Crippen molar-refractivity contribution in [3.05, 3.63) is 28.3 Å². The summed E-state index contributed by atoms with van der Waals surface area (Å²) in [6.45, 7) is 7.95. The van der Waals surface area contributed by atoms with Gasteiger partial charge in [0.15, 0.2) is 5.75 Å². The van der Waals surface area contributed by atoms with Crippen molar-refractivity contribution in [2.24, 2.45) is 0 Å². The van der Waals surface area contributed by atoms with Crippen LogP contribution in [0.25, 0.3) is 0 Å². The van der Waals surface area contributed by atoms with E-state index in [-0.39, 0.29) is 5.69 Å². The van der Waals surface area contributed by atoms with Gasteiger partial charge in [0, 0.05) is 37.0 Å². The molecule has 0 aliphatic heterocycles. The number of nitro benzene ring substituents is 1. The molecule has 1 rings (SSSR count). The lowest BCUT2D eigenvalue weighted by Gasteiger charge is -2.11. The van der Waals surface area contributed by atoms with Gasteiger partial charge in [0.05, 0.1) is 11.5 Å². The van der Waals surface area contributed by atoms with Gasteiger partial charge in [0.25, 0.3) is 0 Å². The van der Waals surface area contributed by atoms with Crippen LogP contribution >= 0.6 is 0 Å². The van der Waals surface area contributed by atoms with Gasteiger partial charge in [0.2, 0.25) is 0 Å². The molecule has 0 amide bonds. The van der Waals surface area contributed by atoms with E-state index in [1.54, 1.807) is 19.1 Å². The first-order valence-corrected chi connectivity index (χ1v) is 6.43. The van der Waals surface area contributed by atoms with Crippen molar-refractivity contribution in [1.82, 2.24) is 5.32 Å². The molecule has 0 saturated carbocycles. The van der Waals surface area contributed by atoms with E-state index in [0.29, 0.717) is 18.4 Å². The Morgan fingerprint density at radius 3 is 2.68 bits per heavy atom. The monoisotopic (exact) mass is 267 g/mol. The Balaban J connectivity index is 2.64. The lowest BCUT2D eigenvalue weighted by Crippen LogP contribution is -2.28. The van der Waals surface area contributed by atoms with Crippen LogP contribution < -0.4 is 15.4 Å². The van der Waals surface area contributed by atoms with Crippen LogP contribution in [0.2, 0.25) is 0 Å². The number of rotatable bonds is 8. The van der Waals surface area contributed by atoms with Crippen LogP contribution in [0.4, 0.5) is 11.4 Å². The Kier molecular flexibility index (Phi) is 6.08. The standard InChI is InChI=1S/C13H21N3O3/c1-4-19-13-9-11(5-6-12(13)16(17)18)15-8-7-14-10(2)3/h5-6,9-10,14-15H,4,7-8H2,1-3H3. The van der Waals surface area contributed by atoms with E-state index in [2.05, 4.69) is 24.5 Å². The van der Waals surface area contributed by atoms with Gasteiger partial charge in [0.1, 0.15) is 0 Å². The van der Waals surface area contributed by atoms with Crippen molar-refractivity contribution in [3.63, 3.8) is 0 Å². The van der Waals surface area contributed by atoms with Crippen LogP contribution in [0.3, 0.4) is 0 Å². The highest BCUT2D eigenvalue weighted by Gasteiger charge is 2.14. The number of hydrogen-bond acceptors (Lipinski definition) is 5. The number of nitrogens with zero attached hydrogens (tertiary/aromatic N) is 1. The van der Waals surface area contributed by atoms with Gasteiger partial charge in [-0.15, -0.1) is 0 Å². The summed E-state index contributed by atoms with van der Waals surface area (Å²) < 4.78 is 5.29. The Morgan fingerprint density at radius 1 is 1.37 bits per heavy atom. The number of benzene rings is 1. The molecule has 0 fully saturated rings. The molecule has 19 heavy (non-hydrogen) atoms. The predicted octanol–water partition coefficient (Wildman–Crippen LogP) is 2.40. The van der Waals surface area contributed by atoms with E-state index >= 15 is 0 Å². The van der Waals surface area contributed by atoms with Gasteiger partial charge in [-0.3, -0.25) is 10.1 Å². The van der Waals surface area contributed by atoms with Crippen molar-refractivity contribution in [3.8, 4) is 5.75 Å². The Hall–Kier alpha value is -1.82. The summed E-state index contributed by atoms with van der Waals surface area (Å²) in [4.78, 5) is 10.4. The maximum Gasteiger partial charge on any atom is 0.311 e. The molecule has 0 spiro atoms. The second-order valence-electron chi connectivity index (χ2n) is 4.41. The maximum atomic E-state index is 10.8. The molecule has 0 bridgehead atoms. The van der Waals surface area contributed by atoms with Crippen LogP contribution in [0, 0.1) is 10.1 Å². The summed E-state index contributed by atoms with van der Waals surface area (Å²) in [6, 6.07) is 5.26. The van der Waals surface area contributed by atoms with Gasteiger partial charge in [-0.05, 0) is 13.0 Å². The molecule has 6 nitrogen and oxygen atoms in total. The average molecular weight is 267 g/mol. The molecule has 0 atom stereocenters. The van der Waals surface area contributed by atoms with Gasteiger partial charge < -0.3 is 15.4 Å². The fourth-order valence-electron chi connectivity index (χ4n) is 1.61. The third kappa shape index (κ3) is 5.13. The molecular formula is C13H21N3O3. The molecule has 0 saturated heterocycles. The number of nitrogens with one attached hydrogen (secondary N) is 2. The lowest BCUT2D eigenvalue weighted by atomic mass is 10.2. The second kappa shape index (κ2) is 7.58. The topological polar surface area (TPSA) is 76.4 Å². The summed E-state index contributed by atoms with van der Waals surface area (Å²) >= 11 is 0. The SMILES string of the molecule is CCOc1cc(NCCNC(C)C)ccc1[N+](=O)[O-]. The predicted molar refractivity (Wildman–Crippen MR) is 75.9 cm³/mol. The maximum absolute atomic E-state index is 10.8. The molecule has 2 N–H and O–H groups in total. The van der Waals surface area contributed by atoms with Crippen LogP contribution in [-0.2, 0) is 0 Å². The third-order valence-electron chi connectivity index (χ3n) is 2.46. The Bertz CT molecular complexity index is 422. The minimum atomic E-state index is -0.435. The summed E-state index contributed by atoms with van der Waals surface area (Å²) in [6.07, 6.45) is 0. The molecule has 0 aliphatic carbocycles. The Morgan fingerprint density at radius 2 is 2.11 bits per heavy atom. The highest BCUT2D eigenvalue weighted by molar-refractivity contribution is 5.58. The molecule has 6 heteroatoms. The first-order valence-electron chi connectivity index (χ1n) is 6.43. The number of anilines is 1. The number of nitro groups is 1. The van der Waals surface area contributed by atoms with Crippen LogP contribution in [-0.4, -0.2) is 30.7 Å². The highest BCUT2D eigenvalue weighted by atomic mass is 16.6.